The minimum atomic E-state index is -0.726. The first-order valence-electron chi connectivity index (χ1n) is 11.5. The van der Waals surface area contributed by atoms with Crippen LogP contribution in [-0.2, 0) is 14.3 Å². The first kappa shape index (κ1) is 25.1. The molecule has 0 unspecified atom stereocenters. The minimum Gasteiger partial charge on any atom is -0.481 e. The highest BCUT2D eigenvalue weighted by Crippen LogP contribution is 2.39. The highest BCUT2D eigenvalue weighted by molar-refractivity contribution is 5.84. The van der Waals surface area contributed by atoms with Crippen molar-refractivity contribution < 1.29 is 24.5 Å². The van der Waals surface area contributed by atoms with Crippen LogP contribution in [0, 0.1) is 11.8 Å². The van der Waals surface area contributed by atoms with Crippen molar-refractivity contribution >= 4 is 11.8 Å². The van der Waals surface area contributed by atoms with E-state index in [4.69, 9.17) is 14.9 Å². The molecule has 0 amide bonds. The highest BCUT2D eigenvalue weighted by Gasteiger charge is 2.42. The number of unbranched alkanes of at least 4 members (excludes halogenated alkanes) is 8. The van der Waals surface area contributed by atoms with Gasteiger partial charge in [0.15, 0.2) is 0 Å². The van der Waals surface area contributed by atoms with Crippen molar-refractivity contribution in [1.82, 2.24) is 0 Å². The molecule has 3 atom stereocenters. The maximum Gasteiger partial charge on any atom is 0.303 e. The zero-order valence-electron chi connectivity index (χ0n) is 18.0. The summed E-state index contributed by atoms with van der Waals surface area (Å²) in [4.78, 5) is 23.2. The molecule has 1 aliphatic rings. The highest BCUT2D eigenvalue weighted by atomic mass is 16.5. The summed E-state index contributed by atoms with van der Waals surface area (Å²) in [6.45, 7) is 4.37. The van der Waals surface area contributed by atoms with E-state index in [1.807, 2.05) is 13.8 Å². The maximum absolute atomic E-state index is 12.6. The van der Waals surface area contributed by atoms with Crippen LogP contribution in [0.25, 0.3) is 0 Å². The van der Waals surface area contributed by atoms with Crippen molar-refractivity contribution in [3.8, 4) is 0 Å². The molecule has 0 aromatic carbocycles. The monoisotopic (exact) mass is 398 g/mol. The first-order valence-corrected chi connectivity index (χ1v) is 11.5. The van der Waals surface area contributed by atoms with Crippen LogP contribution < -0.4 is 0 Å². The van der Waals surface area contributed by atoms with E-state index in [0.717, 1.165) is 57.8 Å². The van der Waals surface area contributed by atoms with E-state index in [1.54, 1.807) is 0 Å². The molecule has 28 heavy (non-hydrogen) atoms. The molecular formula is C23H42O5. The predicted molar refractivity (Wildman–Crippen MR) is 111 cm³/mol. The van der Waals surface area contributed by atoms with Gasteiger partial charge in [-0.25, -0.2) is 0 Å². The number of Topliss-reactive ketones (excluding diaryl/α,β-unsaturated/α-hetero) is 1. The number of rotatable bonds is 17. The lowest BCUT2D eigenvalue weighted by Gasteiger charge is -2.25. The van der Waals surface area contributed by atoms with E-state index in [0.29, 0.717) is 18.1 Å². The Balaban J connectivity index is 2.40. The van der Waals surface area contributed by atoms with Gasteiger partial charge in [-0.05, 0) is 45.4 Å². The van der Waals surface area contributed by atoms with E-state index in [9.17, 15) is 9.59 Å². The largest absolute Gasteiger partial charge is 0.481 e. The van der Waals surface area contributed by atoms with Gasteiger partial charge >= 0.3 is 5.97 Å². The Kier molecular flexibility index (Phi) is 13.4. The standard InChI is InChI=1S/C23H42O5/c1-18(2)28-22-17-21(25)19(13-9-6-7-11-15-23(26)27)20(22)14-10-5-3-4-8-12-16-24/h18-20,22,24H,3-17H2,1-2H3,(H,26,27)/t19-,20-,22-/m1/s1. The summed E-state index contributed by atoms with van der Waals surface area (Å²) in [5, 5.41) is 17.5. The fourth-order valence-corrected chi connectivity index (χ4v) is 4.45. The van der Waals surface area contributed by atoms with E-state index < -0.39 is 5.97 Å². The number of aliphatic carboxylic acids is 1. The van der Waals surface area contributed by atoms with Gasteiger partial charge in [0.25, 0.3) is 0 Å². The number of hydrogen-bond donors (Lipinski definition) is 2. The summed E-state index contributed by atoms with van der Waals surface area (Å²) in [6.07, 6.45) is 13.4. The molecule has 0 radical (unpaired) electrons. The quantitative estimate of drug-likeness (QED) is 0.332. The van der Waals surface area contributed by atoms with E-state index in [-0.39, 0.29) is 31.2 Å². The summed E-state index contributed by atoms with van der Waals surface area (Å²) in [6, 6.07) is 0. The van der Waals surface area contributed by atoms with Gasteiger partial charge in [0, 0.05) is 25.4 Å². The Labute approximate surface area is 171 Å². The number of carbonyl (C=O) groups is 2. The molecule has 0 aromatic rings. The number of aliphatic hydroxyl groups excluding tert-OH is 1. The van der Waals surface area contributed by atoms with Crippen LogP contribution in [0.1, 0.15) is 104 Å². The number of carbonyl (C=O) groups excluding carboxylic acids is 1. The molecule has 0 saturated heterocycles. The summed E-state index contributed by atoms with van der Waals surface area (Å²) in [7, 11) is 0. The lowest BCUT2D eigenvalue weighted by molar-refractivity contribution is -0.137. The van der Waals surface area contributed by atoms with Crippen molar-refractivity contribution in [3.05, 3.63) is 0 Å². The van der Waals surface area contributed by atoms with Crippen LogP contribution in [0.2, 0.25) is 0 Å². The summed E-state index contributed by atoms with van der Waals surface area (Å²) < 4.78 is 6.09. The van der Waals surface area contributed by atoms with Crippen molar-refractivity contribution in [3.63, 3.8) is 0 Å². The molecule has 1 aliphatic carbocycles. The number of carboxylic acids is 1. The average molecular weight is 399 g/mol. The fraction of sp³-hybridized carbons (Fsp3) is 0.913. The van der Waals surface area contributed by atoms with Crippen molar-refractivity contribution in [2.45, 2.75) is 116 Å². The number of hydrogen-bond acceptors (Lipinski definition) is 4. The SMILES string of the molecule is CC(C)O[C@@H]1CC(=O)[C@H](CCCCCCC(=O)O)[C@H]1CCCCCCCCO. The molecule has 5 heteroatoms. The molecule has 0 spiro atoms. The van der Waals surface area contributed by atoms with Crippen LogP contribution in [0.3, 0.4) is 0 Å². The third kappa shape index (κ3) is 10.6. The van der Waals surface area contributed by atoms with Gasteiger partial charge in [0.1, 0.15) is 5.78 Å². The molecule has 0 aliphatic heterocycles. The maximum atomic E-state index is 12.6. The minimum absolute atomic E-state index is 0.0684. The smallest absolute Gasteiger partial charge is 0.303 e. The molecule has 1 rings (SSSR count). The summed E-state index contributed by atoms with van der Waals surface area (Å²) >= 11 is 0. The van der Waals surface area contributed by atoms with Gasteiger partial charge in [-0.2, -0.15) is 0 Å². The van der Waals surface area contributed by atoms with Crippen LogP contribution in [-0.4, -0.2) is 40.8 Å². The molecule has 1 fully saturated rings. The number of carboxylic acid groups (broad SMARTS) is 1. The topological polar surface area (TPSA) is 83.8 Å². The summed E-state index contributed by atoms with van der Waals surface area (Å²) in [5.41, 5.74) is 0. The summed E-state index contributed by atoms with van der Waals surface area (Å²) in [5.74, 6) is 0.101. The Bertz CT molecular complexity index is 435. The Morgan fingerprint density at radius 3 is 2.14 bits per heavy atom. The number of aliphatic hydroxyl groups is 1. The van der Waals surface area contributed by atoms with Gasteiger partial charge in [0.05, 0.1) is 12.2 Å². The van der Waals surface area contributed by atoms with E-state index >= 15 is 0 Å². The number of ketones is 1. The van der Waals surface area contributed by atoms with Crippen molar-refractivity contribution in [1.29, 1.82) is 0 Å². The zero-order valence-corrected chi connectivity index (χ0v) is 18.0. The van der Waals surface area contributed by atoms with Crippen LogP contribution in [0.15, 0.2) is 0 Å². The van der Waals surface area contributed by atoms with Gasteiger partial charge in [0.2, 0.25) is 0 Å². The van der Waals surface area contributed by atoms with E-state index in [2.05, 4.69) is 0 Å². The third-order valence-electron chi connectivity index (χ3n) is 5.86. The van der Waals surface area contributed by atoms with Gasteiger partial charge < -0.3 is 14.9 Å². The van der Waals surface area contributed by atoms with Gasteiger partial charge in [-0.1, -0.05) is 51.4 Å². The van der Waals surface area contributed by atoms with E-state index in [1.165, 1.54) is 19.3 Å². The Hall–Kier alpha value is -0.940. The van der Waals surface area contributed by atoms with Crippen LogP contribution in [0.4, 0.5) is 0 Å². The second kappa shape index (κ2) is 15.0. The second-order valence-electron chi connectivity index (χ2n) is 8.64. The molecule has 0 aromatic heterocycles. The van der Waals surface area contributed by atoms with Crippen molar-refractivity contribution in [2.24, 2.45) is 11.8 Å². The van der Waals surface area contributed by atoms with Gasteiger partial charge in [-0.15, -0.1) is 0 Å². The molecular weight excluding hydrogens is 356 g/mol. The third-order valence-corrected chi connectivity index (χ3v) is 5.86. The molecule has 1 saturated carbocycles. The predicted octanol–water partition coefficient (Wildman–Crippen LogP) is 5.13. The molecule has 0 heterocycles. The normalized spacial score (nSPS) is 22.3. The second-order valence-corrected chi connectivity index (χ2v) is 8.64. The zero-order chi connectivity index (χ0) is 20.8. The van der Waals surface area contributed by atoms with Crippen molar-refractivity contribution in [2.75, 3.05) is 6.61 Å². The van der Waals surface area contributed by atoms with Crippen LogP contribution in [0.5, 0.6) is 0 Å². The molecule has 0 bridgehead atoms. The molecule has 2 N–H and O–H groups in total. The lowest BCUT2D eigenvalue weighted by atomic mass is 9.85. The molecule has 164 valence electrons. The first-order chi connectivity index (χ1) is 13.5. The number of ether oxygens (including phenoxy) is 1. The average Bonchev–Trinajstić information content (AvgIpc) is 2.91. The fourth-order valence-electron chi connectivity index (χ4n) is 4.45. The molecule has 5 nitrogen and oxygen atoms in total. The Morgan fingerprint density at radius 2 is 1.54 bits per heavy atom. The van der Waals surface area contributed by atoms with Crippen LogP contribution >= 0.6 is 0 Å². The lowest BCUT2D eigenvalue weighted by Crippen LogP contribution is -2.25. The van der Waals surface area contributed by atoms with Gasteiger partial charge in [-0.3, -0.25) is 9.59 Å². The Morgan fingerprint density at radius 1 is 0.964 bits per heavy atom.